The van der Waals surface area contributed by atoms with Crippen LogP contribution >= 0.6 is 0 Å². The van der Waals surface area contributed by atoms with Crippen LogP contribution in [0.1, 0.15) is 21.5 Å². The molecule has 1 rings (SSSR count). The summed E-state index contributed by atoms with van der Waals surface area (Å²) in [6.45, 7) is 7.33. The number of aryl methyl sites for hydroxylation is 1. The number of hydrogen-bond acceptors (Lipinski definition) is 3. The summed E-state index contributed by atoms with van der Waals surface area (Å²) in [6, 6.07) is 3.05. The van der Waals surface area contributed by atoms with Crippen molar-refractivity contribution in [2.45, 2.75) is 18.7 Å². The molecule has 0 bridgehead atoms. The molecule has 1 aromatic rings. The van der Waals surface area contributed by atoms with E-state index >= 15 is 0 Å². The van der Waals surface area contributed by atoms with Crippen LogP contribution in [-0.4, -0.2) is 27.9 Å². The molecular weight excluding hydrogens is 264 g/mol. The standard InChI is InChI=1S/C13H18N2O3S/c1-5-6-15-13(16)11-7-9(2)10(3)12(8-11)19(17,18)14-4/h5,7-8,14H,1,6H2,2-4H3,(H,15,16). The van der Waals surface area contributed by atoms with Gasteiger partial charge in [0.25, 0.3) is 5.91 Å². The van der Waals surface area contributed by atoms with E-state index < -0.39 is 10.0 Å². The van der Waals surface area contributed by atoms with Crippen molar-refractivity contribution in [1.29, 1.82) is 0 Å². The number of nitrogens with one attached hydrogen (secondary N) is 2. The first-order valence-corrected chi connectivity index (χ1v) is 7.25. The maximum Gasteiger partial charge on any atom is 0.251 e. The maximum atomic E-state index is 11.9. The smallest absolute Gasteiger partial charge is 0.251 e. The van der Waals surface area contributed by atoms with Gasteiger partial charge in [-0.05, 0) is 44.2 Å². The summed E-state index contributed by atoms with van der Waals surface area (Å²) >= 11 is 0. The van der Waals surface area contributed by atoms with Crippen LogP contribution in [0, 0.1) is 13.8 Å². The van der Waals surface area contributed by atoms with Crippen LogP contribution < -0.4 is 10.0 Å². The molecule has 0 aliphatic carbocycles. The molecule has 0 saturated heterocycles. The first-order valence-electron chi connectivity index (χ1n) is 5.77. The van der Waals surface area contributed by atoms with Crippen LogP contribution in [0.15, 0.2) is 29.7 Å². The fourth-order valence-electron chi connectivity index (χ4n) is 1.61. The van der Waals surface area contributed by atoms with Crippen molar-refractivity contribution >= 4 is 15.9 Å². The van der Waals surface area contributed by atoms with Crippen molar-refractivity contribution in [1.82, 2.24) is 10.0 Å². The third-order valence-electron chi connectivity index (χ3n) is 2.85. The Bertz CT molecular complexity index is 607. The lowest BCUT2D eigenvalue weighted by molar-refractivity contribution is 0.0957. The Kier molecular flexibility index (Phi) is 4.85. The highest BCUT2D eigenvalue weighted by atomic mass is 32.2. The average Bonchev–Trinajstić information content (AvgIpc) is 2.38. The molecule has 0 radical (unpaired) electrons. The number of benzene rings is 1. The molecule has 6 heteroatoms. The second kappa shape index (κ2) is 5.99. The zero-order valence-corrected chi connectivity index (χ0v) is 12.1. The Balaban J connectivity index is 3.32. The Labute approximate surface area is 113 Å². The summed E-state index contributed by atoms with van der Waals surface area (Å²) in [5.74, 6) is -0.324. The van der Waals surface area contributed by atoms with Crippen molar-refractivity contribution < 1.29 is 13.2 Å². The minimum absolute atomic E-state index is 0.124. The van der Waals surface area contributed by atoms with Gasteiger partial charge < -0.3 is 5.32 Å². The van der Waals surface area contributed by atoms with Gasteiger partial charge in [-0.2, -0.15) is 0 Å². The second-order valence-electron chi connectivity index (χ2n) is 4.12. The Morgan fingerprint density at radius 2 is 2.00 bits per heavy atom. The summed E-state index contributed by atoms with van der Waals surface area (Å²) in [5.41, 5.74) is 1.70. The van der Waals surface area contributed by atoms with Crippen LogP contribution in [0.3, 0.4) is 0 Å². The van der Waals surface area contributed by atoms with E-state index in [0.29, 0.717) is 17.7 Å². The molecular formula is C13H18N2O3S. The lowest BCUT2D eigenvalue weighted by Gasteiger charge is -2.12. The summed E-state index contributed by atoms with van der Waals surface area (Å²) in [7, 11) is -2.24. The van der Waals surface area contributed by atoms with Gasteiger partial charge in [-0.25, -0.2) is 13.1 Å². The summed E-state index contributed by atoms with van der Waals surface area (Å²) in [5, 5.41) is 2.62. The van der Waals surface area contributed by atoms with E-state index in [2.05, 4.69) is 16.6 Å². The van der Waals surface area contributed by atoms with E-state index in [1.165, 1.54) is 13.1 Å². The van der Waals surface area contributed by atoms with Gasteiger partial charge in [0.2, 0.25) is 10.0 Å². The zero-order valence-electron chi connectivity index (χ0n) is 11.3. The van der Waals surface area contributed by atoms with Crippen molar-refractivity contribution in [3.63, 3.8) is 0 Å². The highest BCUT2D eigenvalue weighted by Crippen LogP contribution is 2.20. The van der Waals surface area contributed by atoms with E-state index in [4.69, 9.17) is 0 Å². The lowest BCUT2D eigenvalue weighted by atomic mass is 10.1. The van der Waals surface area contributed by atoms with Gasteiger partial charge >= 0.3 is 0 Å². The molecule has 5 nitrogen and oxygen atoms in total. The molecule has 0 aromatic heterocycles. The van der Waals surface area contributed by atoms with E-state index in [1.807, 2.05) is 0 Å². The SMILES string of the molecule is C=CCNC(=O)c1cc(C)c(C)c(S(=O)(=O)NC)c1. The van der Waals surface area contributed by atoms with E-state index in [1.54, 1.807) is 26.0 Å². The van der Waals surface area contributed by atoms with E-state index in [0.717, 1.165) is 5.56 Å². The van der Waals surface area contributed by atoms with Gasteiger partial charge in [0.1, 0.15) is 0 Å². The van der Waals surface area contributed by atoms with Crippen LogP contribution in [0.25, 0.3) is 0 Å². The fraction of sp³-hybridized carbons (Fsp3) is 0.308. The number of amides is 1. The van der Waals surface area contributed by atoms with Crippen molar-refractivity contribution in [2.75, 3.05) is 13.6 Å². The quantitative estimate of drug-likeness (QED) is 0.795. The monoisotopic (exact) mass is 282 g/mol. The first-order chi connectivity index (χ1) is 8.83. The van der Waals surface area contributed by atoms with Gasteiger partial charge in [0, 0.05) is 12.1 Å². The largest absolute Gasteiger partial charge is 0.349 e. The highest BCUT2D eigenvalue weighted by molar-refractivity contribution is 7.89. The molecule has 19 heavy (non-hydrogen) atoms. The molecule has 0 heterocycles. The van der Waals surface area contributed by atoms with E-state index in [-0.39, 0.29) is 10.8 Å². The van der Waals surface area contributed by atoms with Crippen LogP contribution in [0.5, 0.6) is 0 Å². The number of sulfonamides is 1. The Morgan fingerprint density at radius 3 is 2.53 bits per heavy atom. The number of hydrogen-bond donors (Lipinski definition) is 2. The van der Waals surface area contributed by atoms with Gasteiger partial charge in [0.05, 0.1) is 4.90 Å². The number of carbonyl (C=O) groups excluding carboxylic acids is 1. The minimum atomic E-state index is -3.58. The third kappa shape index (κ3) is 3.42. The maximum absolute atomic E-state index is 11.9. The molecule has 2 N–H and O–H groups in total. The van der Waals surface area contributed by atoms with E-state index in [9.17, 15) is 13.2 Å². The molecule has 0 atom stereocenters. The predicted octanol–water partition coefficient (Wildman–Crippen LogP) is 1.13. The molecule has 0 spiro atoms. The highest BCUT2D eigenvalue weighted by Gasteiger charge is 2.19. The van der Waals surface area contributed by atoms with Crippen molar-refractivity contribution in [2.24, 2.45) is 0 Å². The summed E-state index contributed by atoms with van der Waals surface area (Å²) in [6.07, 6.45) is 1.56. The molecule has 0 aliphatic rings. The fourth-order valence-corrected chi connectivity index (χ4v) is 2.68. The van der Waals surface area contributed by atoms with Crippen molar-refractivity contribution in [3.8, 4) is 0 Å². The third-order valence-corrected chi connectivity index (χ3v) is 4.39. The van der Waals surface area contributed by atoms with Gasteiger partial charge in [0.15, 0.2) is 0 Å². The molecule has 1 aromatic carbocycles. The Morgan fingerprint density at radius 1 is 1.37 bits per heavy atom. The van der Waals surface area contributed by atoms with Gasteiger partial charge in [-0.15, -0.1) is 6.58 Å². The Hall–Kier alpha value is -1.66. The number of rotatable bonds is 5. The minimum Gasteiger partial charge on any atom is -0.349 e. The van der Waals surface area contributed by atoms with Gasteiger partial charge in [-0.3, -0.25) is 4.79 Å². The summed E-state index contributed by atoms with van der Waals surface area (Å²) < 4.78 is 26.1. The van der Waals surface area contributed by atoms with Crippen LogP contribution in [-0.2, 0) is 10.0 Å². The number of carbonyl (C=O) groups is 1. The normalized spacial score (nSPS) is 11.1. The topological polar surface area (TPSA) is 75.3 Å². The first kappa shape index (κ1) is 15.4. The molecule has 1 amide bonds. The molecule has 0 aliphatic heterocycles. The van der Waals surface area contributed by atoms with Crippen molar-refractivity contribution in [3.05, 3.63) is 41.5 Å². The molecule has 104 valence electrons. The molecule has 0 fully saturated rings. The second-order valence-corrected chi connectivity index (χ2v) is 5.98. The zero-order chi connectivity index (χ0) is 14.6. The summed E-state index contributed by atoms with van der Waals surface area (Å²) in [4.78, 5) is 12.0. The average molecular weight is 282 g/mol. The lowest BCUT2D eigenvalue weighted by Crippen LogP contribution is -2.25. The van der Waals surface area contributed by atoms with Crippen LogP contribution in [0.2, 0.25) is 0 Å². The molecule has 0 saturated carbocycles. The van der Waals surface area contributed by atoms with Gasteiger partial charge in [-0.1, -0.05) is 6.08 Å². The predicted molar refractivity (Wildman–Crippen MR) is 74.7 cm³/mol. The molecule has 0 unspecified atom stereocenters. The van der Waals surface area contributed by atoms with Crippen LogP contribution in [0.4, 0.5) is 0 Å².